The van der Waals surface area contributed by atoms with Gasteiger partial charge in [0.2, 0.25) is 0 Å². The molecule has 0 saturated heterocycles. The standard InChI is InChI=1S/C21H15N5O4S/c27-20(18-11-12-25(24-18)16-7-9-17(10-8-16)26(29)30)22-14-3-5-15(6-4-14)23-21(28)19-2-1-13-31-19/h1-13H,(H,22,27)(H,23,28). The van der Waals surface area contributed by atoms with E-state index >= 15 is 0 Å². The minimum atomic E-state index is -0.482. The number of carbonyl (C=O) groups excluding carboxylic acids is 2. The SMILES string of the molecule is O=C(Nc1ccc(NC(=O)c2cccs2)cc1)c1ccn(-c2ccc([N+](=O)[O-])cc2)n1. The van der Waals surface area contributed by atoms with E-state index in [-0.39, 0.29) is 17.3 Å². The number of nitrogens with zero attached hydrogens (tertiary/aromatic N) is 3. The van der Waals surface area contributed by atoms with E-state index in [1.54, 1.807) is 60.8 Å². The van der Waals surface area contributed by atoms with Crippen LogP contribution in [0.3, 0.4) is 0 Å². The highest BCUT2D eigenvalue weighted by molar-refractivity contribution is 7.12. The number of amides is 2. The van der Waals surface area contributed by atoms with Gasteiger partial charge >= 0.3 is 0 Å². The number of thiophene rings is 1. The van der Waals surface area contributed by atoms with Crippen LogP contribution in [0.4, 0.5) is 17.1 Å². The van der Waals surface area contributed by atoms with Crippen molar-refractivity contribution in [1.29, 1.82) is 0 Å². The molecule has 2 N–H and O–H groups in total. The van der Waals surface area contributed by atoms with Gasteiger partial charge in [-0.2, -0.15) is 5.10 Å². The first-order chi connectivity index (χ1) is 15.0. The number of anilines is 2. The van der Waals surface area contributed by atoms with Gasteiger partial charge in [-0.3, -0.25) is 19.7 Å². The van der Waals surface area contributed by atoms with Gasteiger partial charge in [-0.05, 0) is 53.9 Å². The predicted octanol–water partition coefficient (Wildman–Crippen LogP) is 4.35. The van der Waals surface area contributed by atoms with E-state index in [4.69, 9.17) is 0 Å². The second-order valence-corrected chi connectivity index (χ2v) is 7.33. The summed E-state index contributed by atoms with van der Waals surface area (Å²) in [5.41, 5.74) is 1.91. The van der Waals surface area contributed by atoms with Crippen LogP contribution in [0.2, 0.25) is 0 Å². The van der Waals surface area contributed by atoms with Crippen LogP contribution in [0, 0.1) is 10.1 Å². The Hall–Kier alpha value is -4.31. The quantitative estimate of drug-likeness (QED) is 0.346. The largest absolute Gasteiger partial charge is 0.321 e. The topological polar surface area (TPSA) is 119 Å². The third-order valence-corrected chi connectivity index (χ3v) is 5.16. The summed E-state index contributed by atoms with van der Waals surface area (Å²) in [6, 6.07) is 17.7. The van der Waals surface area contributed by atoms with Crippen molar-refractivity contribution in [2.24, 2.45) is 0 Å². The van der Waals surface area contributed by atoms with E-state index in [1.807, 2.05) is 5.38 Å². The van der Waals surface area contributed by atoms with Crippen molar-refractivity contribution in [3.63, 3.8) is 0 Å². The highest BCUT2D eigenvalue weighted by Gasteiger charge is 2.12. The van der Waals surface area contributed by atoms with Crippen LogP contribution in [0.5, 0.6) is 0 Å². The Kier molecular flexibility index (Phi) is 5.54. The van der Waals surface area contributed by atoms with Crippen molar-refractivity contribution in [3.05, 3.63) is 99.0 Å². The number of aromatic nitrogens is 2. The van der Waals surface area contributed by atoms with E-state index in [2.05, 4.69) is 15.7 Å². The van der Waals surface area contributed by atoms with Crippen LogP contribution in [0.15, 0.2) is 78.3 Å². The zero-order chi connectivity index (χ0) is 21.8. The molecule has 0 aliphatic rings. The number of nitro benzene ring substituents is 1. The second-order valence-electron chi connectivity index (χ2n) is 6.38. The Morgan fingerprint density at radius 3 is 2.13 bits per heavy atom. The molecule has 0 fully saturated rings. The third kappa shape index (κ3) is 4.65. The number of carbonyl (C=O) groups is 2. The van der Waals surface area contributed by atoms with E-state index in [0.29, 0.717) is 21.9 Å². The van der Waals surface area contributed by atoms with Gasteiger partial charge in [0.05, 0.1) is 15.5 Å². The number of hydrogen-bond donors (Lipinski definition) is 2. The maximum Gasteiger partial charge on any atom is 0.276 e. The van der Waals surface area contributed by atoms with Crippen LogP contribution in [-0.2, 0) is 0 Å². The maximum atomic E-state index is 12.5. The van der Waals surface area contributed by atoms with Gasteiger partial charge in [0.1, 0.15) is 0 Å². The Labute approximate surface area is 180 Å². The third-order valence-electron chi connectivity index (χ3n) is 4.29. The molecule has 2 aromatic carbocycles. The van der Waals surface area contributed by atoms with Gasteiger partial charge in [0.25, 0.3) is 17.5 Å². The van der Waals surface area contributed by atoms with Crippen molar-refractivity contribution in [2.45, 2.75) is 0 Å². The number of nitrogens with one attached hydrogen (secondary N) is 2. The number of non-ortho nitro benzene ring substituents is 1. The van der Waals surface area contributed by atoms with Crippen LogP contribution in [0.25, 0.3) is 5.69 Å². The number of benzene rings is 2. The van der Waals surface area contributed by atoms with Crippen LogP contribution in [-0.4, -0.2) is 26.5 Å². The van der Waals surface area contributed by atoms with Gasteiger partial charge in [-0.15, -0.1) is 11.3 Å². The number of nitro groups is 1. The molecule has 0 radical (unpaired) electrons. The molecule has 0 saturated carbocycles. The Bertz CT molecular complexity index is 1230. The lowest BCUT2D eigenvalue weighted by Crippen LogP contribution is -2.13. The molecule has 9 nitrogen and oxygen atoms in total. The highest BCUT2D eigenvalue weighted by Crippen LogP contribution is 2.18. The molecule has 0 unspecified atom stereocenters. The minimum Gasteiger partial charge on any atom is -0.321 e. The Balaban J connectivity index is 1.39. The average molecular weight is 433 g/mol. The molecular weight excluding hydrogens is 418 g/mol. The zero-order valence-electron chi connectivity index (χ0n) is 15.9. The van der Waals surface area contributed by atoms with E-state index in [9.17, 15) is 19.7 Å². The summed E-state index contributed by atoms with van der Waals surface area (Å²) in [6.07, 6.45) is 1.60. The molecular formula is C21H15N5O4S. The van der Waals surface area contributed by atoms with Gasteiger partial charge < -0.3 is 10.6 Å². The smallest absolute Gasteiger partial charge is 0.276 e. The van der Waals surface area contributed by atoms with Crippen LogP contribution in [0.1, 0.15) is 20.2 Å². The van der Waals surface area contributed by atoms with Gasteiger partial charge in [-0.25, -0.2) is 4.68 Å². The lowest BCUT2D eigenvalue weighted by Gasteiger charge is -2.06. The molecule has 31 heavy (non-hydrogen) atoms. The number of rotatable bonds is 6. The summed E-state index contributed by atoms with van der Waals surface area (Å²) in [5.74, 6) is -0.598. The van der Waals surface area contributed by atoms with Crippen molar-refractivity contribution < 1.29 is 14.5 Å². The second kappa shape index (κ2) is 8.59. The Morgan fingerprint density at radius 2 is 1.55 bits per heavy atom. The lowest BCUT2D eigenvalue weighted by atomic mass is 10.2. The van der Waals surface area contributed by atoms with E-state index in [0.717, 1.165) is 0 Å². The molecule has 0 aliphatic heterocycles. The molecule has 2 amide bonds. The monoisotopic (exact) mass is 433 g/mol. The van der Waals surface area contributed by atoms with Gasteiger partial charge in [-0.1, -0.05) is 6.07 Å². The summed E-state index contributed by atoms with van der Waals surface area (Å²) in [6.45, 7) is 0. The predicted molar refractivity (Wildman–Crippen MR) is 117 cm³/mol. The van der Waals surface area contributed by atoms with Crippen LogP contribution < -0.4 is 10.6 Å². The van der Waals surface area contributed by atoms with Crippen LogP contribution >= 0.6 is 11.3 Å². The molecule has 10 heteroatoms. The fourth-order valence-corrected chi connectivity index (χ4v) is 3.37. The molecule has 4 rings (SSSR count). The lowest BCUT2D eigenvalue weighted by molar-refractivity contribution is -0.384. The molecule has 4 aromatic rings. The molecule has 2 heterocycles. The first-order valence-corrected chi connectivity index (χ1v) is 9.94. The minimum absolute atomic E-state index is 0.0242. The highest BCUT2D eigenvalue weighted by atomic mass is 32.1. The summed E-state index contributed by atoms with van der Waals surface area (Å²) in [4.78, 5) is 35.4. The maximum absolute atomic E-state index is 12.5. The Morgan fingerprint density at radius 1 is 0.903 bits per heavy atom. The van der Waals surface area contributed by atoms with Gasteiger partial charge in [0, 0.05) is 29.7 Å². The first kappa shape index (κ1) is 20.0. The summed E-state index contributed by atoms with van der Waals surface area (Å²) < 4.78 is 1.46. The first-order valence-electron chi connectivity index (χ1n) is 9.06. The van der Waals surface area contributed by atoms with Crippen molar-refractivity contribution in [2.75, 3.05) is 10.6 Å². The zero-order valence-corrected chi connectivity index (χ0v) is 16.7. The van der Waals surface area contributed by atoms with Crippen molar-refractivity contribution >= 4 is 40.2 Å². The summed E-state index contributed by atoms with van der Waals surface area (Å²) in [5, 5.41) is 22.3. The van der Waals surface area contributed by atoms with E-state index < -0.39 is 10.8 Å². The van der Waals surface area contributed by atoms with Crippen molar-refractivity contribution in [1.82, 2.24) is 9.78 Å². The fourth-order valence-electron chi connectivity index (χ4n) is 2.75. The molecule has 0 atom stereocenters. The molecule has 2 aromatic heterocycles. The summed E-state index contributed by atoms with van der Waals surface area (Å²) >= 11 is 1.35. The van der Waals surface area contributed by atoms with Gasteiger partial charge in [0.15, 0.2) is 5.69 Å². The average Bonchev–Trinajstić information content (AvgIpc) is 3.48. The fraction of sp³-hybridized carbons (Fsp3) is 0. The van der Waals surface area contributed by atoms with E-state index in [1.165, 1.54) is 28.2 Å². The van der Waals surface area contributed by atoms with Crippen molar-refractivity contribution in [3.8, 4) is 5.69 Å². The molecule has 0 bridgehead atoms. The summed E-state index contributed by atoms with van der Waals surface area (Å²) in [7, 11) is 0. The molecule has 154 valence electrons. The number of hydrogen-bond acceptors (Lipinski definition) is 6. The normalized spacial score (nSPS) is 10.5. The molecule has 0 aliphatic carbocycles. The molecule has 0 spiro atoms.